The van der Waals surface area contributed by atoms with Gasteiger partial charge >= 0.3 is 5.69 Å². The number of benzene rings is 1. The van der Waals surface area contributed by atoms with E-state index in [9.17, 15) is 4.79 Å². The van der Waals surface area contributed by atoms with Gasteiger partial charge in [0.2, 0.25) is 0 Å². The molecule has 3 rings (SSSR count). The van der Waals surface area contributed by atoms with Gasteiger partial charge in [-0.3, -0.25) is 9.30 Å². The van der Waals surface area contributed by atoms with E-state index in [2.05, 4.69) is 16.9 Å². The number of fused-ring (bicyclic) bond motifs is 1. The molecule has 0 saturated carbocycles. The molecule has 1 aromatic carbocycles. The van der Waals surface area contributed by atoms with Crippen molar-refractivity contribution in [2.24, 2.45) is 0 Å². The molecule has 0 fully saturated rings. The monoisotopic (exact) mass is 364 g/mol. The first-order valence-corrected chi connectivity index (χ1v) is 8.42. The number of likely N-dealkylation sites (N-methyl/N-ethyl adjacent to an activating group) is 1. The zero-order chi connectivity index (χ0) is 17.3. The molecule has 0 amide bonds. The molecule has 1 atom stereocenters. The molecule has 24 heavy (non-hydrogen) atoms. The number of nitrogens with zero attached hydrogens (tertiary/aromatic N) is 4. The van der Waals surface area contributed by atoms with E-state index >= 15 is 0 Å². The van der Waals surface area contributed by atoms with E-state index in [0.717, 1.165) is 5.56 Å². The Balaban J connectivity index is 1.73. The molecule has 0 bridgehead atoms. The molecule has 0 spiro atoms. The first-order chi connectivity index (χ1) is 11.5. The summed E-state index contributed by atoms with van der Waals surface area (Å²) >= 11 is 12.2. The smallest absolute Gasteiger partial charge is 0.298 e. The average Bonchev–Trinajstić information content (AvgIpc) is 2.88. The second-order valence-corrected chi connectivity index (χ2v) is 6.60. The van der Waals surface area contributed by atoms with E-state index in [1.165, 1.54) is 4.68 Å². The van der Waals surface area contributed by atoms with Gasteiger partial charge in [0, 0.05) is 28.8 Å². The van der Waals surface area contributed by atoms with Crippen molar-refractivity contribution in [3.8, 4) is 0 Å². The lowest BCUT2D eigenvalue weighted by Gasteiger charge is -2.25. The average molecular weight is 365 g/mol. The van der Waals surface area contributed by atoms with Crippen LogP contribution in [0.5, 0.6) is 0 Å². The summed E-state index contributed by atoms with van der Waals surface area (Å²) in [6.45, 7) is 3.25. The highest BCUT2D eigenvalue weighted by Gasteiger charge is 2.16. The quantitative estimate of drug-likeness (QED) is 0.695. The highest BCUT2D eigenvalue weighted by Crippen LogP contribution is 2.28. The zero-order valence-corrected chi connectivity index (χ0v) is 15.0. The lowest BCUT2D eigenvalue weighted by Crippen LogP contribution is -2.30. The number of hydrogen-bond donors (Lipinski definition) is 0. The molecular formula is C17H18Cl2N4O. The molecule has 2 aromatic heterocycles. The highest BCUT2D eigenvalue weighted by atomic mass is 35.5. The molecule has 5 nitrogen and oxygen atoms in total. The van der Waals surface area contributed by atoms with Crippen molar-refractivity contribution >= 4 is 28.8 Å². The maximum Gasteiger partial charge on any atom is 0.350 e. The van der Waals surface area contributed by atoms with E-state index in [1.807, 2.05) is 37.4 Å². The number of hydrogen-bond acceptors (Lipinski definition) is 3. The summed E-state index contributed by atoms with van der Waals surface area (Å²) in [6.07, 6.45) is 1.72. The lowest BCUT2D eigenvalue weighted by molar-refractivity contribution is 0.246. The largest absolute Gasteiger partial charge is 0.350 e. The van der Waals surface area contributed by atoms with Gasteiger partial charge in [-0.25, -0.2) is 9.48 Å². The molecule has 0 aliphatic heterocycles. The van der Waals surface area contributed by atoms with Gasteiger partial charge in [0.15, 0.2) is 5.65 Å². The van der Waals surface area contributed by atoms with Gasteiger partial charge in [0.25, 0.3) is 0 Å². The first kappa shape index (κ1) is 17.0. The maximum absolute atomic E-state index is 12.3. The lowest BCUT2D eigenvalue weighted by atomic mass is 10.1. The fraction of sp³-hybridized carbons (Fsp3) is 0.294. The van der Waals surface area contributed by atoms with Crippen molar-refractivity contribution in [2.75, 3.05) is 13.6 Å². The van der Waals surface area contributed by atoms with E-state index < -0.39 is 0 Å². The molecule has 0 saturated heterocycles. The summed E-state index contributed by atoms with van der Waals surface area (Å²) < 4.78 is 3.03. The van der Waals surface area contributed by atoms with Crippen molar-refractivity contribution in [1.82, 2.24) is 19.1 Å². The topological polar surface area (TPSA) is 42.5 Å². The maximum atomic E-state index is 12.3. The molecule has 0 unspecified atom stereocenters. The van der Waals surface area contributed by atoms with Crippen molar-refractivity contribution in [1.29, 1.82) is 0 Å². The van der Waals surface area contributed by atoms with Crippen LogP contribution < -0.4 is 5.69 Å². The third-order valence-corrected chi connectivity index (χ3v) is 4.79. The number of rotatable bonds is 5. The number of halogens is 2. The Bertz CT molecular complexity index is 918. The predicted octanol–water partition coefficient (Wildman–Crippen LogP) is 3.50. The van der Waals surface area contributed by atoms with Crippen molar-refractivity contribution in [2.45, 2.75) is 19.5 Å². The van der Waals surface area contributed by atoms with Gasteiger partial charge < -0.3 is 0 Å². The standard InChI is InChI=1S/C17H18Cl2N4O/c1-12(14-7-6-13(18)11-15(14)19)21(2)9-10-23-17(24)22-8-4-3-5-16(22)20-23/h3-8,11-12H,9-10H2,1-2H3/t12-/m1/s1. The molecule has 0 radical (unpaired) electrons. The van der Waals surface area contributed by atoms with Crippen molar-refractivity contribution in [3.05, 3.63) is 68.7 Å². The van der Waals surface area contributed by atoms with Crippen molar-refractivity contribution < 1.29 is 0 Å². The van der Waals surface area contributed by atoms with Crippen LogP contribution in [0.2, 0.25) is 10.0 Å². The third kappa shape index (κ3) is 3.34. The minimum atomic E-state index is -0.129. The fourth-order valence-corrected chi connectivity index (χ4v) is 3.20. The van der Waals surface area contributed by atoms with Gasteiger partial charge in [-0.1, -0.05) is 35.3 Å². The van der Waals surface area contributed by atoms with Crippen LogP contribution in [0.1, 0.15) is 18.5 Å². The van der Waals surface area contributed by atoms with Crippen LogP contribution in [0.3, 0.4) is 0 Å². The van der Waals surface area contributed by atoms with Crippen LogP contribution in [0.4, 0.5) is 0 Å². The van der Waals surface area contributed by atoms with E-state index in [0.29, 0.717) is 28.8 Å². The molecule has 0 aliphatic carbocycles. The van der Waals surface area contributed by atoms with E-state index in [1.54, 1.807) is 16.7 Å². The second kappa shape index (κ2) is 6.97. The Morgan fingerprint density at radius 1 is 1.25 bits per heavy atom. The highest BCUT2D eigenvalue weighted by molar-refractivity contribution is 6.35. The molecule has 0 aliphatic rings. The summed E-state index contributed by atoms with van der Waals surface area (Å²) in [7, 11) is 2.00. The third-order valence-electron chi connectivity index (χ3n) is 4.23. The number of aromatic nitrogens is 3. The van der Waals surface area contributed by atoms with Gasteiger partial charge in [0.05, 0.1) is 6.54 Å². The minimum absolute atomic E-state index is 0.0995. The Labute approximate surface area is 150 Å². The Kier molecular flexibility index (Phi) is 4.94. The molecule has 0 N–H and O–H groups in total. The van der Waals surface area contributed by atoms with Crippen LogP contribution in [-0.4, -0.2) is 32.7 Å². The van der Waals surface area contributed by atoms with Crippen LogP contribution in [0.25, 0.3) is 5.65 Å². The first-order valence-electron chi connectivity index (χ1n) is 7.67. The predicted molar refractivity (Wildman–Crippen MR) is 97.0 cm³/mol. The Morgan fingerprint density at radius 2 is 2.04 bits per heavy atom. The minimum Gasteiger partial charge on any atom is -0.298 e. The normalized spacial score (nSPS) is 12.9. The molecule has 3 aromatic rings. The van der Waals surface area contributed by atoms with Crippen molar-refractivity contribution in [3.63, 3.8) is 0 Å². The molecule has 7 heteroatoms. The molecular weight excluding hydrogens is 347 g/mol. The van der Waals surface area contributed by atoms with Gasteiger partial charge in [-0.15, -0.1) is 5.10 Å². The van der Waals surface area contributed by atoms with Crippen LogP contribution in [0, 0.1) is 0 Å². The summed E-state index contributed by atoms with van der Waals surface area (Å²) in [4.78, 5) is 14.4. The van der Waals surface area contributed by atoms with E-state index in [4.69, 9.17) is 23.2 Å². The zero-order valence-electron chi connectivity index (χ0n) is 13.5. The summed E-state index contributed by atoms with van der Waals surface area (Å²) in [5, 5.41) is 5.61. The second-order valence-electron chi connectivity index (χ2n) is 5.76. The fourth-order valence-electron chi connectivity index (χ4n) is 2.64. The molecule has 126 valence electrons. The van der Waals surface area contributed by atoms with Crippen LogP contribution in [-0.2, 0) is 6.54 Å². The molecule has 2 heterocycles. The van der Waals surface area contributed by atoms with Crippen LogP contribution in [0.15, 0.2) is 47.4 Å². The Morgan fingerprint density at radius 3 is 2.75 bits per heavy atom. The summed E-state index contributed by atoms with van der Waals surface area (Å²) in [5.74, 6) is 0. The number of pyridine rings is 1. The van der Waals surface area contributed by atoms with E-state index in [-0.39, 0.29) is 11.7 Å². The Hall–Kier alpha value is -1.82. The van der Waals surface area contributed by atoms with Gasteiger partial charge in [-0.05, 0) is 43.8 Å². The SMILES string of the molecule is C[C@H](c1ccc(Cl)cc1Cl)N(C)CCn1nc2ccccn2c1=O. The summed E-state index contributed by atoms with van der Waals surface area (Å²) in [5.41, 5.74) is 1.53. The van der Waals surface area contributed by atoms with Gasteiger partial charge in [0.1, 0.15) is 0 Å². The summed E-state index contributed by atoms with van der Waals surface area (Å²) in [6, 6.07) is 11.1. The van der Waals surface area contributed by atoms with Crippen LogP contribution >= 0.6 is 23.2 Å². The van der Waals surface area contributed by atoms with Gasteiger partial charge in [-0.2, -0.15) is 0 Å².